The summed E-state index contributed by atoms with van der Waals surface area (Å²) in [5.74, 6) is 0. The summed E-state index contributed by atoms with van der Waals surface area (Å²) >= 11 is 1.70. The maximum atomic E-state index is 10.2. The molecule has 3 nitrogen and oxygen atoms in total. The summed E-state index contributed by atoms with van der Waals surface area (Å²) in [7, 11) is 0. The van der Waals surface area contributed by atoms with Crippen molar-refractivity contribution in [3.05, 3.63) is 64.7 Å². The lowest BCUT2D eigenvalue weighted by Crippen LogP contribution is -2.21. The van der Waals surface area contributed by atoms with Gasteiger partial charge in [-0.1, -0.05) is 29.8 Å². The van der Waals surface area contributed by atoms with E-state index in [2.05, 4.69) is 21.7 Å². The average Bonchev–Trinajstić information content (AvgIpc) is 2.95. The van der Waals surface area contributed by atoms with Crippen molar-refractivity contribution in [2.75, 3.05) is 6.54 Å². The number of thiophene rings is 1. The second-order valence-electron chi connectivity index (χ2n) is 5.20. The molecule has 2 N–H and O–H groups in total. The van der Waals surface area contributed by atoms with Gasteiger partial charge in [-0.25, -0.2) is 0 Å². The lowest BCUT2D eigenvalue weighted by molar-refractivity contribution is 0.174. The van der Waals surface area contributed by atoms with Crippen LogP contribution < -0.4 is 5.32 Å². The molecule has 0 fully saturated rings. The first kappa shape index (κ1) is 14.2. The molecule has 21 heavy (non-hydrogen) atoms. The van der Waals surface area contributed by atoms with E-state index in [0.29, 0.717) is 13.1 Å². The van der Waals surface area contributed by atoms with Crippen molar-refractivity contribution in [3.63, 3.8) is 0 Å². The van der Waals surface area contributed by atoms with E-state index >= 15 is 0 Å². The number of nitrogens with one attached hydrogen (secondary N) is 1. The Bertz CT molecular complexity index is 721. The number of aliphatic hydroxyl groups is 1. The van der Waals surface area contributed by atoms with E-state index in [9.17, 15) is 5.11 Å². The Balaban J connectivity index is 1.56. The molecule has 0 spiro atoms. The largest absolute Gasteiger partial charge is 0.387 e. The molecule has 0 radical (unpaired) electrons. The zero-order chi connectivity index (χ0) is 14.7. The van der Waals surface area contributed by atoms with Crippen LogP contribution in [0.25, 0.3) is 10.2 Å². The van der Waals surface area contributed by atoms with Crippen molar-refractivity contribution in [1.82, 2.24) is 10.3 Å². The lowest BCUT2D eigenvalue weighted by Gasteiger charge is -2.12. The molecule has 3 aromatic rings. The summed E-state index contributed by atoms with van der Waals surface area (Å²) in [5.41, 5.74) is 4.33. The third-order valence-corrected chi connectivity index (χ3v) is 4.34. The molecule has 3 rings (SSSR count). The van der Waals surface area contributed by atoms with Gasteiger partial charge in [-0.2, -0.15) is 0 Å². The van der Waals surface area contributed by atoms with E-state index in [1.165, 1.54) is 10.3 Å². The van der Waals surface area contributed by atoms with Crippen LogP contribution in [0.5, 0.6) is 0 Å². The molecule has 1 aromatic carbocycles. The van der Waals surface area contributed by atoms with Crippen molar-refractivity contribution in [3.8, 4) is 0 Å². The Kier molecular flexibility index (Phi) is 4.29. The highest BCUT2D eigenvalue weighted by Gasteiger charge is 2.07. The van der Waals surface area contributed by atoms with Crippen LogP contribution in [-0.2, 0) is 6.54 Å². The van der Waals surface area contributed by atoms with Crippen LogP contribution >= 0.6 is 11.3 Å². The highest BCUT2D eigenvalue weighted by atomic mass is 32.1. The normalized spacial score (nSPS) is 12.7. The van der Waals surface area contributed by atoms with Gasteiger partial charge in [-0.05, 0) is 35.6 Å². The Morgan fingerprint density at radius 3 is 2.86 bits per heavy atom. The molecule has 0 aliphatic carbocycles. The molecule has 1 atom stereocenters. The SMILES string of the molecule is Cc1ccc(C(O)CNCc2cnc3ccsc3c2)cc1. The molecule has 0 aliphatic rings. The molecule has 108 valence electrons. The minimum Gasteiger partial charge on any atom is -0.387 e. The maximum Gasteiger partial charge on any atom is 0.0914 e. The first-order chi connectivity index (χ1) is 10.2. The molecule has 0 amide bonds. The number of benzene rings is 1. The van der Waals surface area contributed by atoms with Crippen molar-refractivity contribution in [2.45, 2.75) is 19.6 Å². The number of nitrogens with zero attached hydrogens (tertiary/aromatic N) is 1. The van der Waals surface area contributed by atoms with Crippen molar-refractivity contribution < 1.29 is 5.11 Å². The number of rotatable bonds is 5. The van der Waals surface area contributed by atoms with Crippen LogP contribution in [0, 0.1) is 6.92 Å². The number of hydrogen-bond donors (Lipinski definition) is 2. The van der Waals surface area contributed by atoms with Crippen LogP contribution in [0.2, 0.25) is 0 Å². The molecule has 0 saturated heterocycles. The highest BCUT2D eigenvalue weighted by Crippen LogP contribution is 2.19. The van der Waals surface area contributed by atoms with Gasteiger partial charge in [0.25, 0.3) is 0 Å². The number of fused-ring (bicyclic) bond motifs is 1. The van der Waals surface area contributed by atoms with E-state index in [1.807, 2.05) is 43.5 Å². The van der Waals surface area contributed by atoms with Crippen LogP contribution in [0.4, 0.5) is 0 Å². The van der Waals surface area contributed by atoms with Gasteiger partial charge in [0.15, 0.2) is 0 Å². The van der Waals surface area contributed by atoms with E-state index < -0.39 is 6.10 Å². The van der Waals surface area contributed by atoms with E-state index in [-0.39, 0.29) is 0 Å². The van der Waals surface area contributed by atoms with E-state index in [1.54, 1.807) is 11.3 Å². The quantitative estimate of drug-likeness (QED) is 0.758. The molecule has 0 bridgehead atoms. The second kappa shape index (κ2) is 6.35. The standard InChI is InChI=1S/C17H18N2OS/c1-12-2-4-14(5-3-12)16(20)11-18-9-13-8-17-15(19-10-13)6-7-21-17/h2-8,10,16,18,20H,9,11H2,1H3. The first-order valence-electron chi connectivity index (χ1n) is 7.00. The van der Waals surface area contributed by atoms with E-state index in [0.717, 1.165) is 16.6 Å². The van der Waals surface area contributed by atoms with Crippen molar-refractivity contribution in [1.29, 1.82) is 0 Å². The molecule has 2 heterocycles. The fourth-order valence-electron chi connectivity index (χ4n) is 2.24. The third-order valence-electron chi connectivity index (χ3n) is 3.49. The monoisotopic (exact) mass is 298 g/mol. The van der Waals surface area contributed by atoms with Gasteiger partial charge in [0.2, 0.25) is 0 Å². The van der Waals surface area contributed by atoms with Gasteiger partial charge in [0.1, 0.15) is 0 Å². The highest BCUT2D eigenvalue weighted by molar-refractivity contribution is 7.17. The number of pyridine rings is 1. The zero-order valence-electron chi connectivity index (χ0n) is 11.9. The topological polar surface area (TPSA) is 45.1 Å². The van der Waals surface area contributed by atoms with Gasteiger partial charge in [-0.15, -0.1) is 11.3 Å². The molecule has 4 heteroatoms. The molecular formula is C17H18N2OS. The average molecular weight is 298 g/mol. The summed E-state index contributed by atoms with van der Waals surface area (Å²) in [5, 5.41) is 15.5. The third kappa shape index (κ3) is 3.47. The molecule has 2 aromatic heterocycles. The van der Waals surface area contributed by atoms with Crippen LogP contribution in [0.1, 0.15) is 22.8 Å². The molecule has 1 unspecified atom stereocenters. The minimum absolute atomic E-state index is 0.482. The fourth-order valence-corrected chi connectivity index (χ4v) is 3.05. The first-order valence-corrected chi connectivity index (χ1v) is 7.88. The number of hydrogen-bond acceptors (Lipinski definition) is 4. The predicted octanol–water partition coefficient (Wildman–Crippen LogP) is 3.43. The van der Waals surface area contributed by atoms with Crippen molar-refractivity contribution in [2.24, 2.45) is 0 Å². The zero-order valence-corrected chi connectivity index (χ0v) is 12.7. The number of aliphatic hydroxyl groups excluding tert-OH is 1. The predicted molar refractivity (Wildman–Crippen MR) is 87.5 cm³/mol. The van der Waals surface area contributed by atoms with Gasteiger partial charge >= 0.3 is 0 Å². The Morgan fingerprint density at radius 1 is 1.24 bits per heavy atom. The Hall–Kier alpha value is -1.75. The van der Waals surface area contributed by atoms with Gasteiger partial charge < -0.3 is 10.4 Å². The minimum atomic E-state index is -0.482. The maximum absolute atomic E-state index is 10.2. The summed E-state index contributed by atoms with van der Waals surface area (Å²) in [6.07, 6.45) is 1.41. The lowest BCUT2D eigenvalue weighted by atomic mass is 10.1. The molecule has 0 saturated carbocycles. The summed E-state index contributed by atoms with van der Waals surface area (Å²) in [6, 6.07) is 12.2. The summed E-state index contributed by atoms with van der Waals surface area (Å²) in [4.78, 5) is 4.41. The van der Waals surface area contributed by atoms with Gasteiger partial charge in [-0.3, -0.25) is 4.98 Å². The molecule has 0 aliphatic heterocycles. The van der Waals surface area contributed by atoms with Gasteiger partial charge in [0, 0.05) is 19.3 Å². The van der Waals surface area contributed by atoms with Crippen molar-refractivity contribution >= 4 is 21.6 Å². The van der Waals surface area contributed by atoms with Crippen LogP contribution in [0.15, 0.2) is 48.0 Å². The second-order valence-corrected chi connectivity index (χ2v) is 6.15. The fraction of sp³-hybridized carbons (Fsp3) is 0.235. The van der Waals surface area contributed by atoms with E-state index in [4.69, 9.17) is 0 Å². The summed E-state index contributed by atoms with van der Waals surface area (Å²) in [6.45, 7) is 3.29. The number of aromatic nitrogens is 1. The molecular weight excluding hydrogens is 280 g/mol. The van der Waals surface area contributed by atoms with Crippen LogP contribution in [-0.4, -0.2) is 16.6 Å². The van der Waals surface area contributed by atoms with Gasteiger partial charge in [0.05, 0.1) is 16.3 Å². The number of aryl methyl sites for hydroxylation is 1. The Labute approximate surface area is 128 Å². The smallest absolute Gasteiger partial charge is 0.0914 e. The van der Waals surface area contributed by atoms with Crippen LogP contribution in [0.3, 0.4) is 0 Å². The summed E-state index contributed by atoms with van der Waals surface area (Å²) < 4.78 is 1.20. The Morgan fingerprint density at radius 2 is 2.05 bits per heavy atom.